The monoisotopic (exact) mass is 313 g/mol. The van der Waals surface area contributed by atoms with E-state index in [4.69, 9.17) is 4.74 Å². The van der Waals surface area contributed by atoms with Crippen LogP contribution in [0.1, 0.15) is 34.9 Å². The van der Waals surface area contributed by atoms with Gasteiger partial charge in [0.15, 0.2) is 0 Å². The molecule has 1 amide bonds. The number of aromatic nitrogens is 2. The Labute approximate surface area is 134 Å². The maximum atomic E-state index is 12.7. The van der Waals surface area contributed by atoms with Crippen molar-refractivity contribution in [2.75, 3.05) is 13.1 Å². The number of benzene rings is 1. The summed E-state index contributed by atoms with van der Waals surface area (Å²) in [5.41, 5.74) is 1.02. The predicted octanol–water partition coefficient (Wildman–Crippen LogP) is 1.94. The molecule has 0 N–H and O–H groups in total. The average molecular weight is 313 g/mol. The third-order valence-corrected chi connectivity index (χ3v) is 3.91. The maximum Gasteiger partial charge on any atom is 0.342 e. The van der Waals surface area contributed by atoms with E-state index in [0.29, 0.717) is 24.2 Å². The molecule has 1 saturated heterocycles. The molecular weight excluding hydrogens is 294 g/mol. The van der Waals surface area contributed by atoms with Crippen LogP contribution in [0.5, 0.6) is 0 Å². The van der Waals surface area contributed by atoms with Crippen LogP contribution in [0.2, 0.25) is 0 Å². The Kier molecular flexibility index (Phi) is 4.41. The third-order valence-electron chi connectivity index (χ3n) is 3.91. The second-order valence-corrected chi connectivity index (χ2v) is 5.63. The maximum absolute atomic E-state index is 12.7. The minimum atomic E-state index is -0.915. The lowest BCUT2D eigenvalue weighted by atomic mass is 10.1. The predicted molar refractivity (Wildman–Crippen MR) is 83.6 cm³/mol. The van der Waals surface area contributed by atoms with Gasteiger partial charge in [-0.3, -0.25) is 9.48 Å². The lowest BCUT2D eigenvalue weighted by Crippen LogP contribution is -2.34. The molecule has 6 nitrogen and oxygen atoms in total. The van der Waals surface area contributed by atoms with Crippen molar-refractivity contribution < 1.29 is 14.3 Å². The van der Waals surface area contributed by atoms with Crippen LogP contribution in [0.3, 0.4) is 0 Å². The summed E-state index contributed by atoms with van der Waals surface area (Å²) in [5.74, 6) is -0.703. The highest BCUT2D eigenvalue weighted by atomic mass is 16.5. The van der Waals surface area contributed by atoms with Crippen LogP contribution >= 0.6 is 0 Å². The van der Waals surface area contributed by atoms with Crippen molar-refractivity contribution in [2.24, 2.45) is 7.05 Å². The van der Waals surface area contributed by atoms with Crippen molar-refractivity contribution in [3.05, 3.63) is 53.9 Å². The molecule has 120 valence electrons. The molecule has 0 aliphatic carbocycles. The first-order chi connectivity index (χ1) is 11.1. The molecule has 3 rings (SSSR count). The summed E-state index contributed by atoms with van der Waals surface area (Å²) in [6.07, 6.45) is 4.07. The summed E-state index contributed by atoms with van der Waals surface area (Å²) in [7, 11) is 1.72. The topological polar surface area (TPSA) is 64.4 Å². The van der Waals surface area contributed by atoms with Gasteiger partial charge in [-0.2, -0.15) is 5.10 Å². The number of likely N-dealkylation sites (tertiary alicyclic amines) is 1. The fraction of sp³-hybridized carbons (Fsp3) is 0.353. The Balaban J connectivity index is 1.83. The smallest absolute Gasteiger partial charge is 0.342 e. The molecule has 23 heavy (non-hydrogen) atoms. The van der Waals surface area contributed by atoms with E-state index in [-0.39, 0.29) is 5.91 Å². The highest BCUT2D eigenvalue weighted by molar-refractivity contribution is 5.92. The highest BCUT2D eigenvalue weighted by Gasteiger charge is 2.31. The van der Waals surface area contributed by atoms with Gasteiger partial charge < -0.3 is 9.64 Å². The highest BCUT2D eigenvalue weighted by Crippen LogP contribution is 2.24. The number of ether oxygens (including phenoxy) is 1. The van der Waals surface area contributed by atoms with Gasteiger partial charge in [-0.1, -0.05) is 30.3 Å². The van der Waals surface area contributed by atoms with Gasteiger partial charge in [-0.05, 0) is 12.8 Å². The first-order valence-corrected chi connectivity index (χ1v) is 7.68. The summed E-state index contributed by atoms with van der Waals surface area (Å²) < 4.78 is 7.05. The molecule has 1 aromatic heterocycles. The Morgan fingerprint density at radius 2 is 1.87 bits per heavy atom. The van der Waals surface area contributed by atoms with Gasteiger partial charge in [0.1, 0.15) is 0 Å². The number of carbonyl (C=O) groups excluding carboxylic acids is 2. The molecule has 1 unspecified atom stereocenters. The fourth-order valence-electron chi connectivity index (χ4n) is 2.69. The van der Waals surface area contributed by atoms with E-state index in [2.05, 4.69) is 5.10 Å². The van der Waals surface area contributed by atoms with Crippen molar-refractivity contribution in [2.45, 2.75) is 18.9 Å². The van der Waals surface area contributed by atoms with Crippen LogP contribution in [0.15, 0.2) is 42.7 Å². The first-order valence-electron chi connectivity index (χ1n) is 7.68. The molecular formula is C17H19N3O3. The third kappa shape index (κ3) is 3.41. The summed E-state index contributed by atoms with van der Waals surface area (Å²) in [5, 5.41) is 3.96. The molecule has 1 aromatic carbocycles. The summed E-state index contributed by atoms with van der Waals surface area (Å²) in [6, 6.07) is 9.13. The Hall–Kier alpha value is -2.63. The van der Waals surface area contributed by atoms with E-state index in [1.807, 2.05) is 18.2 Å². The van der Waals surface area contributed by atoms with E-state index in [1.165, 1.54) is 10.9 Å². The van der Waals surface area contributed by atoms with Gasteiger partial charge in [0.25, 0.3) is 5.91 Å². The molecule has 0 spiro atoms. The molecule has 0 bridgehead atoms. The second kappa shape index (κ2) is 6.64. The Bertz CT molecular complexity index is 690. The minimum Gasteiger partial charge on any atom is -0.444 e. The normalized spacial score (nSPS) is 15.4. The van der Waals surface area contributed by atoms with Crippen LogP contribution < -0.4 is 0 Å². The van der Waals surface area contributed by atoms with Crippen LogP contribution in [0, 0.1) is 0 Å². The molecule has 1 aliphatic rings. The summed E-state index contributed by atoms with van der Waals surface area (Å²) in [4.78, 5) is 26.8. The number of carbonyl (C=O) groups is 2. The molecule has 2 heterocycles. The van der Waals surface area contributed by atoms with Gasteiger partial charge in [0.05, 0.1) is 11.8 Å². The molecule has 1 aliphatic heterocycles. The summed E-state index contributed by atoms with van der Waals surface area (Å²) >= 11 is 0. The van der Waals surface area contributed by atoms with Crippen LogP contribution in [-0.4, -0.2) is 39.6 Å². The van der Waals surface area contributed by atoms with Crippen LogP contribution in [0.4, 0.5) is 0 Å². The van der Waals surface area contributed by atoms with Crippen molar-refractivity contribution in [1.82, 2.24) is 14.7 Å². The van der Waals surface area contributed by atoms with Crippen molar-refractivity contribution in [3.8, 4) is 0 Å². The number of amides is 1. The van der Waals surface area contributed by atoms with Crippen molar-refractivity contribution in [1.29, 1.82) is 0 Å². The molecule has 0 radical (unpaired) electrons. The van der Waals surface area contributed by atoms with E-state index in [1.54, 1.807) is 30.3 Å². The molecule has 6 heteroatoms. The molecule has 1 fully saturated rings. The van der Waals surface area contributed by atoms with Gasteiger partial charge >= 0.3 is 5.97 Å². The fourth-order valence-corrected chi connectivity index (χ4v) is 2.69. The zero-order valence-corrected chi connectivity index (χ0v) is 13.0. The number of hydrogen-bond donors (Lipinski definition) is 0. The van der Waals surface area contributed by atoms with Gasteiger partial charge in [0, 0.05) is 31.9 Å². The first kappa shape index (κ1) is 15.3. The number of aryl methyl sites for hydroxylation is 1. The van der Waals surface area contributed by atoms with E-state index < -0.39 is 12.1 Å². The standard InChI is InChI=1S/C17H19N3O3/c1-19-12-14(11-18-19)17(22)23-15(13-7-3-2-4-8-13)16(21)20-9-5-6-10-20/h2-4,7-8,11-12,15H,5-6,9-10H2,1H3. The quantitative estimate of drug-likeness (QED) is 0.809. The number of rotatable bonds is 4. The van der Waals surface area contributed by atoms with Gasteiger partial charge in [0.2, 0.25) is 6.10 Å². The lowest BCUT2D eigenvalue weighted by molar-refractivity contribution is -0.140. The lowest BCUT2D eigenvalue weighted by Gasteiger charge is -2.23. The zero-order valence-electron chi connectivity index (χ0n) is 13.0. The molecule has 2 aromatic rings. The molecule has 0 saturated carbocycles. The molecule has 1 atom stereocenters. The SMILES string of the molecule is Cn1cc(C(=O)OC(C(=O)N2CCCC2)c2ccccc2)cn1. The Morgan fingerprint density at radius 1 is 1.17 bits per heavy atom. The van der Waals surface area contributed by atoms with E-state index in [9.17, 15) is 9.59 Å². The van der Waals surface area contributed by atoms with Crippen LogP contribution in [-0.2, 0) is 16.6 Å². The average Bonchev–Trinajstić information content (AvgIpc) is 3.24. The van der Waals surface area contributed by atoms with E-state index >= 15 is 0 Å². The van der Waals surface area contributed by atoms with Crippen LogP contribution in [0.25, 0.3) is 0 Å². The largest absolute Gasteiger partial charge is 0.444 e. The van der Waals surface area contributed by atoms with E-state index in [0.717, 1.165) is 12.8 Å². The van der Waals surface area contributed by atoms with Gasteiger partial charge in [-0.25, -0.2) is 4.79 Å². The second-order valence-electron chi connectivity index (χ2n) is 5.63. The Morgan fingerprint density at radius 3 is 2.48 bits per heavy atom. The summed E-state index contributed by atoms with van der Waals surface area (Å²) in [6.45, 7) is 1.43. The minimum absolute atomic E-state index is 0.161. The number of esters is 1. The number of nitrogens with zero attached hydrogens (tertiary/aromatic N) is 3. The number of hydrogen-bond acceptors (Lipinski definition) is 4. The van der Waals surface area contributed by atoms with Crippen molar-refractivity contribution in [3.63, 3.8) is 0 Å². The van der Waals surface area contributed by atoms with Crippen molar-refractivity contribution >= 4 is 11.9 Å². The zero-order chi connectivity index (χ0) is 16.2. The van der Waals surface area contributed by atoms with Gasteiger partial charge in [-0.15, -0.1) is 0 Å².